The Labute approximate surface area is 109 Å². The summed E-state index contributed by atoms with van der Waals surface area (Å²) >= 11 is 0. The summed E-state index contributed by atoms with van der Waals surface area (Å²) < 4.78 is 10.8. The first kappa shape index (κ1) is 14.9. The Balaban J connectivity index is 2.43. The van der Waals surface area contributed by atoms with Gasteiger partial charge in [-0.05, 0) is 18.9 Å². The average molecular weight is 253 g/mol. The molecule has 1 rings (SSSR count). The number of hydrogen-bond donors (Lipinski definition) is 1. The van der Waals surface area contributed by atoms with Gasteiger partial charge in [0.1, 0.15) is 5.75 Å². The van der Waals surface area contributed by atoms with Crippen molar-refractivity contribution >= 4 is 0 Å². The molecule has 1 aromatic rings. The van der Waals surface area contributed by atoms with Crippen molar-refractivity contribution in [1.82, 2.24) is 4.98 Å². The second-order valence-corrected chi connectivity index (χ2v) is 4.22. The molecule has 0 fully saturated rings. The lowest BCUT2D eigenvalue weighted by Gasteiger charge is -2.12. The molecular formula is C14H23NO3. The van der Waals surface area contributed by atoms with Crippen LogP contribution in [-0.2, 0) is 4.74 Å². The number of pyridine rings is 1. The van der Waals surface area contributed by atoms with Crippen LogP contribution in [0.4, 0.5) is 0 Å². The van der Waals surface area contributed by atoms with Gasteiger partial charge in [-0.3, -0.25) is 4.98 Å². The molecule has 0 aliphatic heterocycles. The van der Waals surface area contributed by atoms with Crippen molar-refractivity contribution < 1.29 is 14.6 Å². The standard InChI is InChI=1S/C14H23NO3/c1-3-6-17-8-5-14(16)12-9-13(11-15-10-12)18-7-4-2/h9-11,14,16H,3-8H2,1-2H3. The van der Waals surface area contributed by atoms with E-state index in [1.807, 2.05) is 6.07 Å². The zero-order chi connectivity index (χ0) is 13.2. The molecule has 1 N–H and O–H groups in total. The van der Waals surface area contributed by atoms with Crippen LogP contribution in [0.1, 0.15) is 44.8 Å². The van der Waals surface area contributed by atoms with E-state index in [9.17, 15) is 5.11 Å². The van der Waals surface area contributed by atoms with Crippen LogP contribution in [0.15, 0.2) is 18.5 Å². The number of nitrogens with zero attached hydrogens (tertiary/aromatic N) is 1. The van der Waals surface area contributed by atoms with E-state index in [2.05, 4.69) is 18.8 Å². The molecule has 0 saturated heterocycles. The van der Waals surface area contributed by atoms with E-state index in [0.29, 0.717) is 25.4 Å². The summed E-state index contributed by atoms with van der Waals surface area (Å²) in [5, 5.41) is 9.99. The van der Waals surface area contributed by atoms with Crippen LogP contribution in [0, 0.1) is 0 Å². The molecule has 0 radical (unpaired) electrons. The smallest absolute Gasteiger partial charge is 0.137 e. The third kappa shape index (κ3) is 5.47. The fraction of sp³-hybridized carbons (Fsp3) is 0.643. The van der Waals surface area contributed by atoms with E-state index in [1.54, 1.807) is 12.4 Å². The van der Waals surface area contributed by atoms with Crippen LogP contribution >= 0.6 is 0 Å². The van der Waals surface area contributed by atoms with Gasteiger partial charge in [0, 0.05) is 31.4 Å². The van der Waals surface area contributed by atoms with E-state index in [-0.39, 0.29) is 0 Å². The number of rotatable bonds is 9. The second-order valence-electron chi connectivity index (χ2n) is 4.22. The lowest BCUT2D eigenvalue weighted by molar-refractivity contribution is 0.0819. The molecule has 0 spiro atoms. The SMILES string of the molecule is CCCOCCC(O)c1cncc(OCCC)c1. The van der Waals surface area contributed by atoms with Crippen molar-refractivity contribution in [1.29, 1.82) is 0 Å². The van der Waals surface area contributed by atoms with Gasteiger partial charge in [0.05, 0.1) is 18.9 Å². The molecule has 0 aliphatic rings. The molecule has 0 aliphatic carbocycles. The minimum atomic E-state index is -0.542. The van der Waals surface area contributed by atoms with Gasteiger partial charge in [-0.2, -0.15) is 0 Å². The van der Waals surface area contributed by atoms with E-state index in [4.69, 9.17) is 9.47 Å². The fourth-order valence-electron chi connectivity index (χ4n) is 1.52. The van der Waals surface area contributed by atoms with Crippen LogP contribution in [0.2, 0.25) is 0 Å². The van der Waals surface area contributed by atoms with E-state index in [0.717, 1.165) is 25.0 Å². The maximum Gasteiger partial charge on any atom is 0.137 e. The van der Waals surface area contributed by atoms with Gasteiger partial charge in [0.2, 0.25) is 0 Å². The Morgan fingerprint density at radius 1 is 1.17 bits per heavy atom. The lowest BCUT2D eigenvalue weighted by atomic mass is 10.1. The summed E-state index contributed by atoms with van der Waals surface area (Å²) in [5.41, 5.74) is 0.781. The lowest BCUT2D eigenvalue weighted by Crippen LogP contribution is -2.05. The van der Waals surface area contributed by atoms with Crippen molar-refractivity contribution in [2.45, 2.75) is 39.2 Å². The first-order chi connectivity index (χ1) is 8.77. The first-order valence-electron chi connectivity index (χ1n) is 6.61. The highest BCUT2D eigenvalue weighted by Gasteiger charge is 2.09. The van der Waals surface area contributed by atoms with Gasteiger partial charge in [0.25, 0.3) is 0 Å². The van der Waals surface area contributed by atoms with Crippen molar-refractivity contribution in [3.05, 3.63) is 24.0 Å². The minimum Gasteiger partial charge on any atom is -0.492 e. The molecule has 1 heterocycles. The van der Waals surface area contributed by atoms with Crippen molar-refractivity contribution in [3.8, 4) is 5.75 Å². The third-order valence-corrected chi connectivity index (χ3v) is 2.48. The monoisotopic (exact) mass is 253 g/mol. The largest absolute Gasteiger partial charge is 0.492 e. The van der Waals surface area contributed by atoms with Crippen molar-refractivity contribution in [2.24, 2.45) is 0 Å². The predicted molar refractivity (Wildman–Crippen MR) is 70.7 cm³/mol. The maximum absolute atomic E-state index is 9.99. The summed E-state index contributed by atoms with van der Waals surface area (Å²) in [5.74, 6) is 0.711. The number of aliphatic hydroxyl groups excluding tert-OH is 1. The highest BCUT2D eigenvalue weighted by atomic mass is 16.5. The molecule has 18 heavy (non-hydrogen) atoms. The predicted octanol–water partition coefficient (Wildman–Crippen LogP) is 2.72. The summed E-state index contributed by atoms with van der Waals surface area (Å²) in [4.78, 5) is 4.08. The van der Waals surface area contributed by atoms with Gasteiger partial charge in [0.15, 0.2) is 0 Å². The van der Waals surface area contributed by atoms with Crippen molar-refractivity contribution in [3.63, 3.8) is 0 Å². The number of aromatic nitrogens is 1. The number of aliphatic hydroxyl groups is 1. The highest BCUT2D eigenvalue weighted by molar-refractivity contribution is 5.25. The molecular weight excluding hydrogens is 230 g/mol. The Hall–Kier alpha value is -1.13. The summed E-state index contributed by atoms with van der Waals surface area (Å²) in [6.45, 7) is 6.09. The van der Waals surface area contributed by atoms with E-state index < -0.39 is 6.10 Å². The molecule has 1 unspecified atom stereocenters. The van der Waals surface area contributed by atoms with E-state index in [1.165, 1.54) is 0 Å². The second kappa shape index (κ2) is 8.89. The van der Waals surface area contributed by atoms with Crippen molar-refractivity contribution in [2.75, 3.05) is 19.8 Å². The molecule has 1 aromatic heterocycles. The number of ether oxygens (including phenoxy) is 2. The highest BCUT2D eigenvalue weighted by Crippen LogP contribution is 2.20. The quantitative estimate of drug-likeness (QED) is 0.687. The summed E-state index contributed by atoms with van der Waals surface area (Å²) in [6.07, 6.45) is 5.33. The molecule has 1 atom stereocenters. The zero-order valence-electron chi connectivity index (χ0n) is 11.3. The Kier molecular flexibility index (Phi) is 7.37. The van der Waals surface area contributed by atoms with Gasteiger partial charge < -0.3 is 14.6 Å². The molecule has 0 amide bonds. The van der Waals surface area contributed by atoms with Gasteiger partial charge >= 0.3 is 0 Å². The Bertz CT molecular complexity index is 331. The summed E-state index contributed by atoms with van der Waals surface area (Å²) in [6, 6.07) is 1.84. The molecule has 0 saturated carbocycles. The first-order valence-corrected chi connectivity index (χ1v) is 6.61. The molecule has 102 valence electrons. The minimum absolute atomic E-state index is 0.542. The number of hydrogen-bond acceptors (Lipinski definition) is 4. The molecule has 0 bridgehead atoms. The van der Waals surface area contributed by atoms with Crippen LogP contribution in [0.25, 0.3) is 0 Å². The Morgan fingerprint density at radius 3 is 2.67 bits per heavy atom. The van der Waals surface area contributed by atoms with Crippen LogP contribution in [0.5, 0.6) is 5.75 Å². The van der Waals surface area contributed by atoms with Crippen LogP contribution in [0.3, 0.4) is 0 Å². The van der Waals surface area contributed by atoms with Gasteiger partial charge in [-0.1, -0.05) is 13.8 Å². The molecule has 0 aromatic carbocycles. The summed E-state index contributed by atoms with van der Waals surface area (Å²) in [7, 11) is 0. The average Bonchev–Trinajstić information content (AvgIpc) is 2.41. The van der Waals surface area contributed by atoms with Gasteiger partial charge in [-0.15, -0.1) is 0 Å². The van der Waals surface area contributed by atoms with Gasteiger partial charge in [-0.25, -0.2) is 0 Å². The maximum atomic E-state index is 9.99. The molecule has 4 nitrogen and oxygen atoms in total. The normalized spacial score (nSPS) is 12.4. The zero-order valence-corrected chi connectivity index (χ0v) is 11.3. The van der Waals surface area contributed by atoms with Crippen LogP contribution in [-0.4, -0.2) is 29.9 Å². The topological polar surface area (TPSA) is 51.6 Å². The van der Waals surface area contributed by atoms with Crippen LogP contribution < -0.4 is 4.74 Å². The molecule has 4 heteroatoms. The fourth-order valence-corrected chi connectivity index (χ4v) is 1.52. The van der Waals surface area contributed by atoms with E-state index >= 15 is 0 Å². The third-order valence-electron chi connectivity index (χ3n) is 2.48. The Morgan fingerprint density at radius 2 is 1.94 bits per heavy atom.